The Bertz CT molecular complexity index is 895. The van der Waals surface area contributed by atoms with Crippen LogP contribution in [0.2, 0.25) is 0 Å². The van der Waals surface area contributed by atoms with Crippen molar-refractivity contribution >= 4 is 29.3 Å². The highest BCUT2D eigenvalue weighted by atomic mass is 19.1. The van der Waals surface area contributed by atoms with Gasteiger partial charge in [0.1, 0.15) is 11.9 Å². The van der Waals surface area contributed by atoms with Gasteiger partial charge in [-0.25, -0.2) is 4.39 Å². The normalized spacial score (nSPS) is 22.9. The van der Waals surface area contributed by atoms with Crippen LogP contribution in [-0.4, -0.2) is 72.2 Å². The van der Waals surface area contributed by atoms with E-state index in [1.54, 1.807) is 0 Å². The van der Waals surface area contributed by atoms with Crippen molar-refractivity contribution in [3.8, 4) is 0 Å². The molecule has 1 atom stereocenters. The third kappa shape index (κ3) is 3.39. The smallest absolute Gasteiger partial charge is 0.262 e. The molecule has 0 radical (unpaired) electrons. The molecule has 0 aromatic heterocycles. The lowest BCUT2D eigenvalue weighted by Gasteiger charge is -2.36. The van der Waals surface area contributed by atoms with E-state index in [0.717, 1.165) is 37.0 Å². The summed E-state index contributed by atoms with van der Waals surface area (Å²) in [5.41, 5.74) is 0.365. The molecule has 1 aromatic carbocycles. The number of nitrogens with zero attached hydrogens (tertiary/aromatic N) is 3. The summed E-state index contributed by atoms with van der Waals surface area (Å²) in [5.74, 6) is -2.98. The Labute approximate surface area is 167 Å². The minimum absolute atomic E-state index is 0.0365. The van der Waals surface area contributed by atoms with Gasteiger partial charge in [0.05, 0.1) is 16.8 Å². The lowest BCUT2D eigenvalue weighted by molar-refractivity contribution is -0.136. The summed E-state index contributed by atoms with van der Waals surface area (Å²) in [7, 11) is 0. The number of carbonyl (C=O) groups is 4. The van der Waals surface area contributed by atoms with Crippen LogP contribution in [0, 0.1) is 5.82 Å². The summed E-state index contributed by atoms with van der Waals surface area (Å²) in [6.45, 7) is 5.99. The number of hydrogen-bond donors (Lipinski definition) is 1. The van der Waals surface area contributed by atoms with E-state index >= 15 is 0 Å². The molecule has 4 rings (SSSR count). The average Bonchev–Trinajstić information content (AvgIpc) is 2.92. The van der Waals surface area contributed by atoms with Gasteiger partial charge in [-0.05, 0) is 31.5 Å². The predicted molar refractivity (Wildman–Crippen MR) is 102 cm³/mol. The van der Waals surface area contributed by atoms with Gasteiger partial charge in [0, 0.05) is 32.6 Å². The van der Waals surface area contributed by atoms with Gasteiger partial charge < -0.3 is 4.90 Å². The van der Waals surface area contributed by atoms with Gasteiger partial charge >= 0.3 is 0 Å². The van der Waals surface area contributed by atoms with E-state index < -0.39 is 35.5 Å². The van der Waals surface area contributed by atoms with E-state index in [9.17, 15) is 23.6 Å². The number of nitrogens with one attached hydrogen (secondary N) is 1. The van der Waals surface area contributed by atoms with Crippen molar-refractivity contribution in [1.82, 2.24) is 15.1 Å². The number of amides is 4. The zero-order valence-corrected chi connectivity index (χ0v) is 16.2. The third-order valence-electron chi connectivity index (χ3n) is 5.76. The highest BCUT2D eigenvalue weighted by Crippen LogP contribution is 2.33. The van der Waals surface area contributed by atoms with Gasteiger partial charge in [-0.3, -0.25) is 34.3 Å². The van der Waals surface area contributed by atoms with Gasteiger partial charge in [-0.1, -0.05) is 6.92 Å². The first-order valence-electron chi connectivity index (χ1n) is 9.93. The zero-order valence-electron chi connectivity index (χ0n) is 16.2. The Morgan fingerprint density at radius 3 is 2.31 bits per heavy atom. The molecule has 3 aliphatic heterocycles. The van der Waals surface area contributed by atoms with Gasteiger partial charge in [0.25, 0.3) is 11.8 Å². The van der Waals surface area contributed by atoms with Crippen molar-refractivity contribution in [1.29, 1.82) is 0 Å². The lowest BCUT2D eigenvalue weighted by Crippen LogP contribution is -2.54. The van der Waals surface area contributed by atoms with Crippen molar-refractivity contribution in [2.45, 2.75) is 32.2 Å². The molecule has 29 heavy (non-hydrogen) atoms. The Morgan fingerprint density at radius 2 is 1.69 bits per heavy atom. The number of fused-ring (bicyclic) bond motifs is 1. The molecule has 0 spiro atoms. The second kappa shape index (κ2) is 7.55. The molecule has 4 amide bonds. The molecule has 0 bridgehead atoms. The Balaban J connectivity index is 1.58. The standard InChI is InChI=1S/C20H23FN4O4/c1-2-5-23-6-8-24(9-7-23)16-11-13-12(10-14(16)21)19(28)25(20(13)29)15-3-4-17(26)22-18(15)27/h10-11,15H,2-9H2,1H3,(H,22,26,27). The highest BCUT2D eigenvalue weighted by Gasteiger charge is 2.45. The van der Waals surface area contributed by atoms with Gasteiger partial charge in [0.2, 0.25) is 11.8 Å². The number of benzene rings is 1. The first-order chi connectivity index (χ1) is 13.9. The van der Waals surface area contributed by atoms with Crippen molar-refractivity contribution in [3.63, 3.8) is 0 Å². The number of carbonyl (C=O) groups excluding carboxylic acids is 4. The quantitative estimate of drug-likeness (QED) is 0.748. The Kier molecular flexibility index (Phi) is 5.08. The number of piperazine rings is 1. The van der Waals surface area contributed by atoms with Crippen LogP contribution in [0.1, 0.15) is 46.9 Å². The van der Waals surface area contributed by atoms with Crippen LogP contribution >= 0.6 is 0 Å². The number of hydrogen-bond acceptors (Lipinski definition) is 6. The molecule has 1 N–H and O–H groups in total. The van der Waals surface area contributed by atoms with Crippen molar-refractivity contribution < 1.29 is 23.6 Å². The van der Waals surface area contributed by atoms with Crippen LogP contribution in [0.4, 0.5) is 10.1 Å². The fourth-order valence-corrected chi connectivity index (χ4v) is 4.25. The molecule has 154 valence electrons. The molecule has 3 aliphatic rings. The molecule has 1 aromatic rings. The largest absolute Gasteiger partial charge is 0.367 e. The molecule has 2 saturated heterocycles. The van der Waals surface area contributed by atoms with Gasteiger partial charge in [0.15, 0.2) is 0 Å². The second-order valence-electron chi connectivity index (χ2n) is 7.63. The minimum Gasteiger partial charge on any atom is -0.367 e. The van der Waals surface area contributed by atoms with Gasteiger partial charge in [-0.2, -0.15) is 0 Å². The Hall–Kier alpha value is -2.81. The van der Waals surface area contributed by atoms with E-state index in [0.29, 0.717) is 18.8 Å². The van der Waals surface area contributed by atoms with Crippen molar-refractivity contribution in [3.05, 3.63) is 29.1 Å². The fraction of sp³-hybridized carbons (Fsp3) is 0.500. The SMILES string of the molecule is CCCN1CCN(c2cc3c(cc2F)C(=O)N(C2CCC(=O)NC2=O)C3=O)CC1. The molecule has 2 fully saturated rings. The zero-order chi connectivity index (χ0) is 20.7. The summed E-state index contributed by atoms with van der Waals surface area (Å²) in [6, 6.07) is 1.46. The number of halogens is 1. The topological polar surface area (TPSA) is 90.0 Å². The first kappa shape index (κ1) is 19.5. The first-order valence-corrected chi connectivity index (χ1v) is 9.93. The van der Waals surface area contributed by atoms with Crippen LogP contribution < -0.4 is 10.2 Å². The molecule has 8 nitrogen and oxygen atoms in total. The summed E-state index contributed by atoms with van der Waals surface area (Å²) in [4.78, 5) is 54.2. The average molecular weight is 402 g/mol. The van der Waals surface area contributed by atoms with Gasteiger partial charge in [-0.15, -0.1) is 0 Å². The van der Waals surface area contributed by atoms with Crippen LogP contribution in [0.3, 0.4) is 0 Å². The molecule has 9 heteroatoms. The molecule has 0 aliphatic carbocycles. The van der Waals surface area contributed by atoms with Crippen LogP contribution in [-0.2, 0) is 9.59 Å². The summed E-state index contributed by atoms with van der Waals surface area (Å²) in [5, 5.41) is 2.15. The van der Waals surface area contributed by atoms with E-state index in [-0.39, 0.29) is 24.0 Å². The molecule has 0 saturated carbocycles. The number of anilines is 1. The van der Waals surface area contributed by atoms with E-state index in [1.807, 2.05) is 4.90 Å². The fourth-order valence-electron chi connectivity index (χ4n) is 4.25. The summed E-state index contributed by atoms with van der Waals surface area (Å²) in [6.07, 6.45) is 1.18. The molecular formula is C20H23FN4O4. The lowest BCUT2D eigenvalue weighted by atomic mass is 10.0. The Morgan fingerprint density at radius 1 is 1.03 bits per heavy atom. The monoisotopic (exact) mass is 402 g/mol. The summed E-state index contributed by atoms with van der Waals surface area (Å²) < 4.78 is 14.8. The number of rotatable bonds is 4. The van der Waals surface area contributed by atoms with Crippen molar-refractivity contribution in [2.24, 2.45) is 0 Å². The van der Waals surface area contributed by atoms with E-state index in [1.165, 1.54) is 6.07 Å². The maximum Gasteiger partial charge on any atom is 0.262 e. The van der Waals surface area contributed by atoms with Crippen LogP contribution in [0.25, 0.3) is 0 Å². The maximum atomic E-state index is 14.8. The minimum atomic E-state index is -1.05. The van der Waals surface area contributed by atoms with E-state index in [2.05, 4.69) is 17.1 Å². The maximum absolute atomic E-state index is 14.8. The molecule has 1 unspecified atom stereocenters. The third-order valence-corrected chi connectivity index (χ3v) is 5.76. The van der Waals surface area contributed by atoms with E-state index in [4.69, 9.17) is 0 Å². The number of piperidine rings is 1. The van der Waals surface area contributed by atoms with Crippen LogP contribution in [0.15, 0.2) is 12.1 Å². The predicted octanol–water partition coefficient (Wildman–Crippen LogP) is 0.759. The number of imide groups is 2. The highest BCUT2D eigenvalue weighted by molar-refractivity contribution is 6.23. The summed E-state index contributed by atoms with van der Waals surface area (Å²) >= 11 is 0. The van der Waals surface area contributed by atoms with Crippen LogP contribution in [0.5, 0.6) is 0 Å². The molecule has 3 heterocycles. The second-order valence-corrected chi connectivity index (χ2v) is 7.63. The van der Waals surface area contributed by atoms with Crippen molar-refractivity contribution in [2.75, 3.05) is 37.6 Å². The molecular weight excluding hydrogens is 379 g/mol.